The summed E-state index contributed by atoms with van der Waals surface area (Å²) in [5, 5.41) is 12.0. The van der Waals surface area contributed by atoms with Crippen LogP contribution in [0.5, 0.6) is 0 Å². The molecule has 1 atom stereocenters. The van der Waals surface area contributed by atoms with Crippen LogP contribution in [0.1, 0.15) is 70.2 Å². The van der Waals surface area contributed by atoms with Gasteiger partial charge in [0.15, 0.2) is 0 Å². The lowest BCUT2D eigenvalue weighted by Gasteiger charge is -2.21. The molecular weight excluding hydrogens is 212 g/mol. The molecule has 96 valence electrons. The van der Waals surface area contributed by atoms with Gasteiger partial charge in [0.25, 0.3) is 0 Å². The smallest absolute Gasteiger partial charge is 0.0993 e. The van der Waals surface area contributed by atoms with E-state index in [0.29, 0.717) is 12.1 Å². The van der Waals surface area contributed by atoms with Crippen LogP contribution in [0.3, 0.4) is 0 Å². The Kier molecular flexibility index (Phi) is 4.54. The van der Waals surface area contributed by atoms with Gasteiger partial charge in [-0.15, -0.1) is 5.10 Å². The molecule has 0 bridgehead atoms. The molecule has 1 aromatic rings. The fourth-order valence-corrected chi connectivity index (χ4v) is 2.48. The Morgan fingerprint density at radius 3 is 2.88 bits per heavy atom. The molecule has 1 N–H and O–H groups in total. The zero-order valence-corrected chi connectivity index (χ0v) is 11.0. The summed E-state index contributed by atoms with van der Waals surface area (Å²) in [5.41, 5.74) is 1.07. The topological polar surface area (TPSA) is 42.7 Å². The second-order valence-corrected chi connectivity index (χ2v) is 5.09. The first-order valence-electron chi connectivity index (χ1n) is 6.96. The molecule has 2 rings (SSSR count). The van der Waals surface area contributed by atoms with E-state index in [0.717, 1.165) is 18.7 Å². The Hall–Kier alpha value is -0.900. The van der Waals surface area contributed by atoms with Crippen LogP contribution >= 0.6 is 0 Å². The van der Waals surface area contributed by atoms with Crippen molar-refractivity contribution in [3.8, 4) is 0 Å². The van der Waals surface area contributed by atoms with E-state index >= 15 is 0 Å². The van der Waals surface area contributed by atoms with Crippen molar-refractivity contribution in [3.05, 3.63) is 11.9 Å². The van der Waals surface area contributed by atoms with Gasteiger partial charge >= 0.3 is 0 Å². The molecule has 4 nitrogen and oxygen atoms in total. The summed E-state index contributed by atoms with van der Waals surface area (Å²) in [6.45, 7) is 5.38. The van der Waals surface area contributed by atoms with Crippen molar-refractivity contribution in [2.24, 2.45) is 0 Å². The van der Waals surface area contributed by atoms with Crippen molar-refractivity contribution >= 4 is 0 Å². The van der Waals surface area contributed by atoms with Crippen molar-refractivity contribution in [1.82, 2.24) is 20.3 Å². The molecule has 0 radical (unpaired) electrons. The van der Waals surface area contributed by atoms with Gasteiger partial charge < -0.3 is 5.32 Å². The van der Waals surface area contributed by atoms with E-state index in [1.165, 1.54) is 32.1 Å². The van der Waals surface area contributed by atoms with E-state index in [-0.39, 0.29) is 0 Å². The van der Waals surface area contributed by atoms with Gasteiger partial charge in [0, 0.05) is 0 Å². The van der Waals surface area contributed by atoms with Gasteiger partial charge in [-0.25, -0.2) is 4.68 Å². The third kappa shape index (κ3) is 3.28. The van der Waals surface area contributed by atoms with Gasteiger partial charge in [-0.2, -0.15) is 0 Å². The molecule has 1 fully saturated rings. The number of aromatic nitrogens is 3. The average molecular weight is 236 g/mol. The van der Waals surface area contributed by atoms with Crippen LogP contribution in [-0.2, 0) is 0 Å². The van der Waals surface area contributed by atoms with Crippen LogP contribution in [0.15, 0.2) is 6.20 Å². The number of nitrogens with zero attached hydrogens (tertiary/aromatic N) is 3. The first kappa shape index (κ1) is 12.6. The highest BCUT2D eigenvalue weighted by molar-refractivity contribution is 5.00. The molecule has 0 aromatic carbocycles. The standard InChI is InChI=1S/C13H24N4/c1-3-9-14-11(2)13-10-17(16-15-13)12-7-5-4-6-8-12/h10-12,14H,3-9H2,1-2H3. The Balaban J connectivity index is 1.94. The normalized spacial score (nSPS) is 19.4. The van der Waals surface area contributed by atoms with Crippen molar-refractivity contribution in [2.75, 3.05) is 6.54 Å². The van der Waals surface area contributed by atoms with Crippen LogP contribution in [-0.4, -0.2) is 21.5 Å². The highest BCUT2D eigenvalue weighted by Gasteiger charge is 2.18. The van der Waals surface area contributed by atoms with E-state index in [4.69, 9.17) is 0 Å². The van der Waals surface area contributed by atoms with Crippen LogP contribution in [0, 0.1) is 0 Å². The van der Waals surface area contributed by atoms with Crippen LogP contribution < -0.4 is 5.32 Å². The summed E-state index contributed by atoms with van der Waals surface area (Å²) >= 11 is 0. The summed E-state index contributed by atoms with van der Waals surface area (Å²) < 4.78 is 2.08. The van der Waals surface area contributed by atoms with Gasteiger partial charge in [-0.3, -0.25) is 0 Å². The van der Waals surface area contributed by atoms with Crippen LogP contribution in [0.2, 0.25) is 0 Å². The minimum absolute atomic E-state index is 0.312. The molecule has 0 aliphatic heterocycles. The molecule has 0 spiro atoms. The molecule has 4 heteroatoms. The van der Waals surface area contributed by atoms with Gasteiger partial charge in [-0.05, 0) is 32.7 Å². The quantitative estimate of drug-likeness (QED) is 0.855. The van der Waals surface area contributed by atoms with Crippen LogP contribution in [0.4, 0.5) is 0 Å². The third-order valence-electron chi connectivity index (χ3n) is 3.62. The van der Waals surface area contributed by atoms with E-state index in [1.54, 1.807) is 0 Å². The molecule has 1 heterocycles. The fourth-order valence-electron chi connectivity index (χ4n) is 2.48. The van der Waals surface area contributed by atoms with Gasteiger partial charge in [0.2, 0.25) is 0 Å². The fraction of sp³-hybridized carbons (Fsp3) is 0.846. The highest BCUT2D eigenvalue weighted by Crippen LogP contribution is 2.27. The lowest BCUT2D eigenvalue weighted by atomic mass is 9.96. The van der Waals surface area contributed by atoms with Crippen LogP contribution in [0.25, 0.3) is 0 Å². The van der Waals surface area contributed by atoms with E-state index < -0.39 is 0 Å². The number of hydrogen-bond acceptors (Lipinski definition) is 3. The summed E-state index contributed by atoms with van der Waals surface area (Å²) in [7, 11) is 0. The van der Waals surface area contributed by atoms with Gasteiger partial charge in [0.1, 0.15) is 0 Å². The third-order valence-corrected chi connectivity index (χ3v) is 3.62. The largest absolute Gasteiger partial charge is 0.309 e. The first-order chi connectivity index (χ1) is 8.31. The number of nitrogens with one attached hydrogen (secondary N) is 1. The maximum absolute atomic E-state index is 4.30. The summed E-state index contributed by atoms with van der Waals surface area (Å²) in [6.07, 6.45) is 9.86. The minimum atomic E-state index is 0.312. The second kappa shape index (κ2) is 6.15. The Bertz CT molecular complexity index is 328. The van der Waals surface area contributed by atoms with E-state index in [9.17, 15) is 0 Å². The molecule has 17 heavy (non-hydrogen) atoms. The lowest BCUT2D eigenvalue weighted by molar-refractivity contribution is 0.324. The predicted molar refractivity (Wildman–Crippen MR) is 68.9 cm³/mol. The zero-order valence-electron chi connectivity index (χ0n) is 11.0. The molecule has 1 aliphatic rings. The SMILES string of the molecule is CCCNC(C)c1cn(C2CCCCC2)nn1. The Morgan fingerprint density at radius 2 is 2.18 bits per heavy atom. The van der Waals surface area contributed by atoms with Crippen molar-refractivity contribution in [1.29, 1.82) is 0 Å². The summed E-state index contributed by atoms with van der Waals surface area (Å²) in [4.78, 5) is 0. The maximum Gasteiger partial charge on any atom is 0.0993 e. The number of hydrogen-bond donors (Lipinski definition) is 1. The van der Waals surface area contributed by atoms with Gasteiger partial charge in [-0.1, -0.05) is 31.4 Å². The molecule has 1 aliphatic carbocycles. The Labute approximate surface area is 104 Å². The molecule has 1 aromatic heterocycles. The summed E-state index contributed by atoms with van der Waals surface area (Å²) in [5.74, 6) is 0. The van der Waals surface area contributed by atoms with Crippen molar-refractivity contribution < 1.29 is 0 Å². The predicted octanol–water partition coefficient (Wildman–Crippen LogP) is 2.84. The lowest BCUT2D eigenvalue weighted by Crippen LogP contribution is -2.19. The average Bonchev–Trinajstić information content (AvgIpc) is 2.86. The van der Waals surface area contributed by atoms with E-state index in [1.807, 2.05) is 0 Å². The molecule has 0 amide bonds. The molecule has 0 saturated heterocycles. The minimum Gasteiger partial charge on any atom is -0.309 e. The van der Waals surface area contributed by atoms with Crippen molar-refractivity contribution in [2.45, 2.75) is 64.5 Å². The maximum atomic E-state index is 4.30. The first-order valence-corrected chi connectivity index (χ1v) is 6.96. The van der Waals surface area contributed by atoms with Crippen molar-refractivity contribution in [3.63, 3.8) is 0 Å². The number of rotatable bonds is 5. The summed E-state index contributed by atoms with van der Waals surface area (Å²) in [6, 6.07) is 0.899. The molecule has 1 unspecified atom stereocenters. The Morgan fingerprint density at radius 1 is 1.41 bits per heavy atom. The zero-order chi connectivity index (χ0) is 12.1. The van der Waals surface area contributed by atoms with Gasteiger partial charge in [0.05, 0.1) is 24.0 Å². The van der Waals surface area contributed by atoms with E-state index in [2.05, 4.69) is 40.4 Å². The second-order valence-electron chi connectivity index (χ2n) is 5.09. The monoisotopic (exact) mass is 236 g/mol. The molecule has 1 saturated carbocycles. The highest BCUT2D eigenvalue weighted by atomic mass is 15.4. The molecular formula is C13H24N4.